The van der Waals surface area contributed by atoms with Gasteiger partial charge in [-0.25, -0.2) is 4.98 Å². The SMILES string of the molecule is CC(=O)NCc1ccc(CN2CCN(c3nc(C)c(C)s3)CC2)cc1. The minimum atomic E-state index is 0.00701. The smallest absolute Gasteiger partial charge is 0.217 e. The molecule has 0 bridgehead atoms. The van der Waals surface area contributed by atoms with Crippen molar-refractivity contribution >= 4 is 22.4 Å². The number of benzene rings is 1. The lowest BCUT2D eigenvalue weighted by Gasteiger charge is -2.34. The fourth-order valence-corrected chi connectivity index (χ4v) is 3.90. The molecule has 3 rings (SSSR count). The maximum Gasteiger partial charge on any atom is 0.217 e. The third kappa shape index (κ3) is 4.80. The molecule has 6 heteroatoms. The number of thiazole rings is 1. The van der Waals surface area contributed by atoms with Crippen molar-refractivity contribution in [1.29, 1.82) is 0 Å². The van der Waals surface area contributed by atoms with Gasteiger partial charge in [-0.1, -0.05) is 24.3 Å². The number of amides is 1. The van der Waals surface area contributed by atoms with Gasteiger partial charge in [-0.2, -0.15) is 0 Å². The lowest BCUT2D eigenvalue weighted by atomic mass is 10.1. The van der Waals surface area contributed by atoms with Gasteiger partial charge in [0.1, 0.15) is 0 Å². The Balaban J connectivity index is 1.49. The van der Waals surface area contributed by atoms with Gasteiger partial charge in [0.15, 0.2) is 5.13 Å². The van der Waals surface area contributed by atoms with Crippen LogP contribution >= 0.6 is 11.3 Å². The molecular formula is C19H26N4OS. The molecule has 0 radical (unpaired) electrons. The van der Waals surface area contributed by atoms with Crippen LogP contribution in [0.2, 0.25) is 0 Å². The van der Waals surface area contributed by atoms with Crippen molar-refractivity contribution in [3.05, 3.63) is 46.0 Å². The number of piperazine rings is 1. The molecule has 0 aliphatic carbocycles. The zero-order chi connectivity index (χ0) is 17.8. The highest BCUT2D eigenvalue weighted by atomic mass is 32.1. The van der Waals surface area contributed by atoms with Gasteiger partial charge in [0.2, 0.25) is 5.91 Å². The molecule has 134 valence electrons. The first-order chi connectivity index (χ1) is 12.0. The average molecular weight is 359 g/mol. The zero-order valence-electron chi connectivity index (χ0n) is 15.2. The molecule has 2 heterocycles. The second kappa shape index (κ2) is 7.97. The van der Waals surface area contributed by atoms with Gasteiger partial charge in [0.05, 0.1) is 5.69 Å². The summed E-state index contributed by atoms with van der Waals surface area (Å²) >= 11 is 1.80. The van der Waals surface area contributed by atoms with Gasteiger partial charge in [-0.3, -0.25) is 9.69 Å². The molecule has 1 fully saturated rings. The molecule has 0 unspecified atom stereocenters. The highest BCUT2D eigenvalue weighted by Crippen LogP contribution is 2.26. The number of nitrogens with zero attached hydrogens (tertiary/aromatic N) is 3. The molecule has 5 nitrogen and oxygen atoms in total. The number of carbonyl (C=O) groups excluding carboxylic acids is 1. The molecule has 1 aliphatic heterocycles. The summed E-state index contributed by atoms with van der Waals surface area (Å²) in [5, 5.41) is 3.99. The van der Waals surface area contributed by atoms with E-state index in [1.54, 1.807) is 18.3 Å². The third-order valence-corrected chi connectivity index (χ3v) is 5.76. The monoisotopic (exact) mass is 358 g/mol. The van der Waals surface area contributed by atoms with Crippen LogP contribution < -0.4 is 10.2 Å². The lowest BCUT2D eigenvalue weighted by molar-refractivity contribution is -0.119. The molecule has 0 spiro atoms. The van der Waals surface area contributed by atoms with Crippen LogP contribution in [0.4, 0.5) is 5.13 Å². The minimum Gasteiger partial charge on any atom is -0.352 e. The molecule has 1 aliphatic rings. The number of hydrogen-bond acceptors (Lipinski definition) is 5. The number of rotatable bonds is 5. The minimum absolute atomic E-state index is 0.00701. The molecule has 0 atom stereocenters. The van der Waals surface area contributed by atoms with Crippen LogP contribution in [0.25, 0.3) is 0 Å². The van der Waals surface area contributed by atoms with E-state index in [9.17, 15) is 4.79 Å². The molecular weight excluding hydrogens is 332 g/mol. The zero-order valence-corrected chi connectivity index (χ0v) is 16.0. The summed E-state index contributed by atoms with van der Waals surface area (Å²) in [7, 11) is 0. The maximum absolute atomic E-state index is 11.0. The van der Waals surface area contributed by atoms with E-state index in [0.717, 1.165) is 49.1 Å². The third-order valence-electron chi connectivity index (χ3n) is 4.63. The summed E-state index contributed by atoms with van der Waals surface area (Å²) in [5.41, 5.74) is 3.61. The Labute approximate surface area is 153 Å². The van der Waals surface area contributed by atoms with E-state index >= 15 is 0 Å². The topological polar surface area (TPSA) is 48.5 Å². The standard InChI is InChI=1S/C19H26N4OS/c1-14-15(2)25-19(21-14)23-10-8-22(9-11-23)13-18-6-4-17(5-7-18)12-20-16(3)24/h4-7H,8-13H2,1-3H3,(H,20,24). The van der Waals surface area contributed by atoms with Crippen molar-refractivity contribution in [3.63, 3.8) is 0 Å². The molecule has 1 aromatic heterocycles. The van der Waals surface area contributed by atoms with Crippen LogP contribution in [0.15, 0.2) is 24.3 Å². The van der Waals surface area contributed by atoms with Crippen molar-refractivity contribution in [1.82, 2.24) is 15.2 Å². The van der Waals surface area contributed by atoms with Crippen LogP contribution in [-0.4, -0.2) is 42.0 Å². The normalized spacial score (nSPS) is 15.4. The first kappa shape index (κ1) is 17.9. The maximum atomic E-state index is 11.0. The number of carbonyl (C=O) groups is 1. The van der Waals surface area contributed by atoms with Gasteiger partial charge in [0, 0.05) is 51.1 Å². The Morgan fingerprint density at radius 2 is 1.76 bits per heavy atom. The molecule has 0 saturated carbocycles. The van der Waals surface area contributed by atoms with Crippen LogP contribution in [0, 0.1) is 13.8 Å². The predicted octanol–water partition coefficient (Wildman–Crippen LogP) is 2.72. The van der Waals surface area contributed by atoms with E-state index in [0.29, 0.717) is 6.54 Å². The number of aryl methyl sites for hydroxylation is 2. The molecule has 25 heavy (non-hydrogen) atoms. The number of hydrogen-bond donors (Lipinski definition) is 1. The van der Waals surface area contributed by atoms with Gasteiger partial charge in [-0.15, -0.1) is 11.3 Å². The van der Waals surface area contributed by atoms with Crippen molar-refractivity contribution in [2.75, 3.05) is 31.1 Å². The highest BCUT2D eigenvalue weighted by Gasteiger charge is 2.20. The molecule has 2 aromatic rings. The van der Waals surface area contributed by atoms with Gasteiger partial charge < -0.3 is 10.2 Å². The summed E-state index contributed by atoms with van der Waals surface area (Å²) in [4.78, 5) is 21.9. The van der Waals surface area contributed by atoms with E-state index < -0.39 is 0 Å². The van der Waals surface area contributed by atoms with Crippen LogP contribution in [0.3, 0.4) is 0 Å². The quantitative estimate of drug-likeness (QED) is 0.893. The van der Waals surface area contributed by atoms with E-state index in [2.05, 4.69) is 58.2 Å². The second-order valence-electron chi connectivity index (χ2n) is 6.63. The summed E-state index contributed by atoms with van der Waals surface area (Å²) < 4.78 is 0. The Bertz CT molecular complexity index is 698. The van der Waals surface area contributed by atoms with E-state index in [1.807, 2.05) is 0 Å². The first-order valence-electron chi connectivity index (χ1n) is 8.75. The molecule has 1 N–H and O–H groups in total. The van der Waals surface area contributed by atoms with Crippen molar-refractivity contribution in [2.45, 2.75) is 33.9 Å². The van der Waals surface area contributed by atoms with Gasteiger partial charge >= 0.3 is 0 Å². The summed E-state index contributed by atoms with van der Waals surface area (Å²) in [5.74, 6) is 0.00701. The van der Waals surface area contributed by atoms with Crippen LogP contribution in [-0.2, 0) is 17.9 Å². The number of anilines is 1. The van der Waals surface area contributed by atoms with Gasteiger partial charge in [0.25, 0.3) is 0 Å². The van der Waals surface area contributed by atoms with Crippen molar-refractivity contribution in [3.8, 4) is 0 Å². The average Bonchev–Trinajstić information content (AvgIpc) is 2.94. The van der Waals surface area contributed by atoms with Crippen LogP contribution in [0.5, 0.6) is 0 Å². The van der Waals surface area contributed by atoms with E-state index in [1.165, 1.54) is 10.4 Å². The molecule has 1 aromatic carbocycles. The Morgan fingerprint density at radius 1 is 1.12 bits per heavy atom. The Hall–Kier alpha value is -1.92. The predicted molar refractivity (Wildman–Crippen MR) is 103 cm³/mol. The summed E-state index contributed by atoms with van der Waals surface area (Å²) in [6.07, 6.45) is 0. The second-order valence-corrected chi connectivity index (χ2v) is 7.81. The number of nitrogens with one attached hydrogen (secondary N) is 1. The van der Waals surface area contributed by atoms with Crippen molar-refractivity contribution < 1.29 is 4.79 Å². The summed E-state index contributed by atoms with van der Waals surface area (Å²) in [6, 6.07) is 8.53. The summed E-state index contributed by atoms with van der Waals surface area (Å²) in [6.45, 7) is 11.5. The van der Waals surface area contributed by atoms with E-state index in [-0.39, 0.29) is 5.91 Å². The highest BCUT2D eigenvalue weighted by molar-refractivity contribution is 7.15. The van der Waals surface area contributed by atoms with Crippen LogP contribution in [0.1, 0.15) is 28.6 Å². The first-order valence-corrected chi connectivity index (χ1v) is 9.56. The van der Waals surface area contributed by atoms with Gasteiger partial charge in [-0.05, 0) is 25.0 Å². The van der Waals surface area contributed by atoms with Crippen molar-refractivity contribution in [2.24, 2.45) is 0 Å². The Kier molecular flexibility index (Phi) is 5.71. The fourth-order valence-electron chi connectivity index (χ4n) is 2.94. The lowest BCUT2D eigenvalue weighted by Crippen LogP contribution is -2.45. The molecule has 1 saturated heterocycles. The fraction of sp³-hybridized carbons (Fsp3) is 0.474. The Morgan fingerprint density at radius 3 is 2.32 bits per heavy atom. The largest absolute Gasteiger partial charge is 0.352 e. The molecule has 1 amide bonds. The van der Waals surface area contributed by atoms with E-state index in [4.69, 9.17) is 0 Å². The number of aromatic nitrogens is 1.